The van der Waals surface area contributed by atoms with Gasteiger partial charge in [0, 0.05) is 24.8 Å². The molecule has 0 amide bonds. The average Bonchev–Trinajstić information content (AvgIpc) is 2.34. The van der Waals surface area contributed by atoms with Crippen molar-refractivity contribution in [3.8, 4) is 5.75 Å². The molecule has 1 unspecified atom stereocenters. The fourth-order valence-electron chi connectivity index (χ4n) is 1.70. The maximum absolute atomic E-state index is 13.2. The Morgan fingerprint density at radius 2 is 2.18 bits per heavy atom. The summed E-state index contributed by atoms with van der Waals surface area (Å²) >= 11 is 0. The monoisotopic (exact) mass is 241 g/mol. The molecule has 0 radical (unpaired) electrons. The lowest BCUT2D eigenvalue weighted by molar-refractivity contribution is 0.142. The lowest BCUT2D eigenvalue weighted by Crippen LogP contribution is -2.13. The molecule has 0 aliphatic carbocycles. The zero-order valence-corrected chi connectivity index (χ0v) is 10.4. The first-order chi connectivity index (χ1) is 8.19. The van der Waals surface area contributed by atoms with Crippen molar-refractivity contribution in [2.24, 2.45) is 5.73 Å². The number of hydrogen-bond acceptors (Lipinski definition) is 3. The number of hydrogen-bond donors (Lipinski definition) is 1. The summed E-state index contributed by atoms with van der Waals surface area (Å²) in [5.74, 6) is 0.344. The van der Waals surface area contributed by atoms with Crippen LogP contribution < -0.4 is 10.5 Å². The second-order valence-electron chi connectivity index (χ2n) is 3.83. The largest absolute Gasteiger partial charge is 0.496 e. The van der Waals surface area contributed by atoms with Gasteiger partial charge < -0.3 is 15.2 Å². The van der Waals surface area contributed by atoms with Gasteiger partial charge in [0.05, 0.1) is 7.11 Å². The Bertz CT molecular complexity index is 344. The van der Waals surface area contributed by atoms with E-state index in [2.05, 4.69) is 0 Å². The molecule has 0 saturated carbocycles. The molecule has 96 valence electrons. The highest BCUT2D eigenvalue weighted by Gasteiger charge is 2.12. The van der Waals surface area contributed by atoms with Crippen LogP contribution in [-0.4, -0.2) is 20.3 Å². The topological polar surface area (TPSA) is 44.5 Å². The molecule has 1 aromatic carbocycles. The van der Waals surface area contributed by atoms with E-state index in [0.717, 1.165) is 12.8 Å². The molecule has 0 saturated heterocycles. The first-order valence-corrected chi connectivity index (χ1v) is 5.85. The van der Waals surface area contributed by atoms with Gasteiger partial charge in [0.25, 0.3) is 0 Å². The highest BCUT2D eigenvalue weighted by atomic mass is 19.1. The molecule has 1 rings (SSSR count). The minimum atomic E-state index is -0.291. The van der Waals surface area contributed by atoms with Gasteiger partial charge in [-0.2, -0.15) is 0 Å². The van der Waals surface area contributed by atoms with Gasteiger partial charge in [0.2, 0.25) is 0 Å². The lowest BCUT2D eigenvalue weighted by Gasteiger charge is -2.15. The summed E-state index contributed by atoms with van der Waals surface area (Å²) in [5, 5.41) is 0. The fourth-order valence-corrected chi connectivity index (χ4v) is 1.70. The summed E-state index contributed by atoms with van der Waals surface area (Å²) in [5.41, 5.74) is 6.73. The maximum Gasteiger partial charge on any atom is 0.123 e. The fraction of sp³-hybridized carbons (Fsp3) is 0.538. The highest BCUT2D eigenvalue weighted by molar-refractivity contribution is 5.36. The molecule has 3 nitrogen and oxygen atoms in total. The van der Waals surface area contributed by atoms with Crippen molar-refractivity contribution in [3.63, 3.8) is 0 Å². The van der Waals surface area contributed by atoms with E-state index >= 15 is 0 Å². The predicted molar refractivity (Wildman–Crippen MR) is 65.6 cm³/mol. The highest BCUT2D eigenvalue weighted by Crippen LogP contribution is 2.27. The van der Waals surface area contributed by atoms with Gasteiger partial charge in [0.1, 0.15) is 11.6 Å². The number of benzene rings is 1. The number of methoxy groups -OCH3 is 1. The molecule has 0 fully saturated rings. The van der Waals surface area contributed by atoms with Crippen molar-refractivity contribution in [3.05, 3.63) is 29.6 Å². The molecule has 0 spiro atoms. The van der Waals surface area contributed by atoms with Crippen LogP contribution in [0.1, 0.15) is 31.4 Å². The van der Waals surface area contributed by atoms with Crippen LogP contribution in [0.4, 0.5) is 4.39 Å². The Balaban J connectivity index is 2.60. The van der Waals surface area contributed by atoms with Crippen LogP contribution in [0.15, 0.2) is 18.2 Å². The predicted octanol–water partition coefficient (Wildman–Crippen LogP) is 2.65. The maximum atomic E-state index is 13.2. The van der Waals surface area contributed by atoms with Crippen molar-refractivity contribution in [2.75, 3.05) is 20.3 Å². The van der Waals surface area contributed by atoms with E-state index in [4.69, 9.17) is 15.2 Å². The summed E-state index contributed by atoms with van der Waals surface area (Å²) in [6.45, 7) is 3.34. The van der Waals surface area contributed by atoms with Crippen LogP contribution in [0.3, 0.4) is 0 Å². The van der Waals surface area contributed by atoms with Gasteiger partial charge >= 0.3 is 0 Å². The standard InChI is InChI=1S/C13H20FNO2/c1-3-17-8-4-5-12(15)11-9-10(14)6-7-13(11)16-2/h6-7,9,12H,3-5,8,15H2,1-2H3. The summed E-state index contributed by atoms with van der Waals surface area (Å²) in [6, 6.07) is 4.19. The van der Waals surface area contributed by atoms with Crippen molar-refractivity contribution in [2.45, 2.75) is 25.8 Å². The normalized spacial score (nSPS) is 12.5. The number of nitrogens with two attached hydrogens (primary N) is 1. The van der Waals surface area contributed by atoms with Crippen LogP contribution in [0, 0.1) is 5.82 Å². The third-order valence-corrected chi connectivity index (χ3v) is 2.60. The third kappa shape index (κ3) is 4.32. The third-order valence-electron chi connectivity index (χ3n) is 2.60. The summed E-state index contributed by atoms with van der Waals surface area (Å²) in [4.78, 5) is 0. The molecule has 0 bridgehead atoms. The summed E-state index contributed by atoms with van der Waals surface area (Å²) < 4.78 is 23.6. The smallest absolute Gasteiger partial charge is 0.123 e. The molecule has 1 aromatic rings. The second kappa shape index (κ2) is 7.25. The van der Waals surface area contributed by atoms with Gasteiger partial charge in [-0.3, -0.25) is 0 Å². The minimum absolute atomic E-state index is 0.221. The van der Waals surface area contributed by atoms with Crippen LogP contribution >= 0.6 is 0 Å². The molecule has 0 aliphatic heterocycles. The second-order valence-corrected chi connectivity index (χ2v) is 3.83. The average molecular weight is 241 g/mol. The van der Waals surface area contributed by atoms with E-state index in [1.54, 1.807) is 13.2 Å². The van der Waals surface area contributed by atoms with Gasteiger partial charge in [-0.15, -0.1) is 0 Å². The first-order valence-electron chi connectivity index (χ1n) is 5.85. The SMILES string of the molecule is CCOCCCC(N)c1cc(F)ccc1OC. The Morgan fingerprint density at radius 3 is 2.82 bits per heavy atom. The molecule has 17 heavy (non-hydrogen) atoms. The van der Waals surface area contributed by atoms with Crippen molar-refractivity contribution in [1.29, 1.82) is 0 Å². The molecular formula is C13H20FNO2. The Kier molecular flexibility index (Phi) is 5.94. The van der Waals surface area contributed by atoms with E-state index in [9.17, 15) is 4.39 Å². The van der Waals surface area contributed by atoms with Crippen LogP contribution in [-0.2, 0) is 4.74 Å². The summed E-state index contributed by atoms with van der Waals surface area (Å²) in [6.07, 6.45) is 1.61. The Morgan fingerprint density at radius 1 is 1.41 bits per heavy atom. The van der Waals surface area contributed by atoms with E-state index in [-0.39, 0.29) is 11.9 Å². The van der Waals surface area contributed by atoms with Gasteiger partial charge in [-0.05, 0) is 38.0 Å². The quantitative estimate of drug-likeness (QED) is 0.746. The molecule has 1 atom stereocenters. The van der Waals surface area contributed by atoms with E-state index < -0.39 is 0 Å². The van der Waals surface area contributed by atoms with Crippen LogP contribution in [0.5, 0.6) is 5.75 Å². The Labute approximate surface area is 102 Å². The zero-order valence-electron chi connectivity index (χ0n) is 10.4. The molecule has 2 N–H and O–H groups in total. The molecule has 4 heteroatoms. The van der Waals surface area contributed by atoms with Crippen LogP contribution in [0.2, 0.25) is 0 Å². The molecular weight excluding hydrogens is 221 g/mol. The van der Waals surface area contributed by atoms with Gasteiger partial charge in [-0.1, -0.05) is 0 Å². The summed E-state index contributed by atoms with van der Waals surface area (Å²) in [7, 11) is 1.56. The van der Waals surface area contributed by atoms with Crippen molar-refractivity contribution < 1.29 is 13.9 Å². The van der Waals surface area contributed by atoms with E-state index in [1.165, 1.54) is 12.1 Å². The number of ether oxygens (including phenoxy) is 2. The Hall–Kier alpha value is -1.13. The number of rotatable bonds is 7. The van der Waals surface area contributed by atoms with Gasteiger partial charge in [0.15, 0.2) is 0 Å². The van der Waals surface area contributed by atoms with E-state index in [0.29, 0.717) is 24.5 Å². The van der Waals surface area contributed by atoms with Crippen LogP contribution in [0.25, 0.3) is 0 Å². The minimum Gasteiger partial charge on any atom is -0.496 e. The lowest BCUT2D eigenvalue weighted by atomic mass is 10.0. The number of halogens is 1. The van der Waals surface area contributed by atoms with Gasteiger partial charge in [-0.25, -0.2) is 4.39 Å². The molecule has 0 aromatic heterocycles. The van der Waals surface area contributed by atoms with E-state index in [1.807, 2.05) is 6.92 Å². The van der Waals surface area contributed by atoms with Crippen molar-refractivity contribution in [1.82, 2.24) is 0 Å². The van der Waals surface area contributed by atoms with Crippen molar-refractivity contribution >= 4 is 0 Å². The molecule has 0 heterocycles. The zero-order chi connectivity index (χ0) is 12.7. The first kappa shape index (κ1) is 13.9. The molecule has 0 aliphatic rings.